The number of rotatable bonds is 4. The molecular formula is C18H27N3O3S. The molecule has 1 aromatic rings. The summed E-state index contributed by atoms with van der Waals surface area (Å²) in [5.74, 6) is 0.116. The summed E-state index contributed by atoms with van der Waals surface area (Å²) in [7, 11) is -3.46. The maximum atomic E-state index is 12.6. The second kappa shape index (κ2) is 7.85. The van der Waals surface area contributed by atoms with Crippen molar-refractivity contribution in [3.8, 4) is 0 Å². The van der Waals surface area contributed by atoms with Crippen LogP contribution in [0, 0.1) is 0 Å². The number of piperidine rings is 1. The zero-order chi connectivity index (χ0) is 17.9. The van der Waals surface area contributed by atoms with Crippen LogP contribution in [0.3, 0.4) is 0 Å². The van der Waals surface area contributed by atoms with E-state index < -0.39 is 10.0 Å². The van der Waals surface area contributed by atoms with Crippen LogP contribution >= 0.6 is 0 Å². The second-order valence-electron chi connectivity index (χ2n) is 6.91. The summed E-state index contributed by atoms with van der Waals surface area (Å²) in [4.78, 5) is 16.9. The van der Waals surface area contributed by atoms with Crippen LogP contribution in [0.2, 0.25) is 0 Å². The molecule has 2 fully saturated rings. The monoisotopic (exact) mass is 365 g/mol. The third-order valence-corrected chi connectivity index (χ3v) is 7.16. The van der Waals surface area contributed by atoms with Gasteiger partial charge < -0.3 is 4.90 Å². The summed E-state index contributed by atoms with van der Waals surface area (Å²) in [6.07, 6.45) is 3.54. The molecule has 7 heteroatoms. The summed E-state index contributed by atoms with van der Waals surface area (Å²) < 4.78 is 26.8. The number of hydrogen-bond acceptors (Lipinski definition) is 4. The molecule has 0 bridgehead atoms. The zero-order valence-electron chi connectivity index (χ0n) is 14.8. The predicted molar refractivity (Wildman–Crippen MR) is 96.7 cm³/mol. The van der Waals surface area contributed by atoms with Gasteiger partial charge in [0.1, 0.15) is 0 Å². The van der Waals surface area contributed by atoms with Crippen molar-refractivity contribution in [2.45, 2.75) is 37.1 Å². The molecule has 1 unspecified atom stereocenters. The summed E-state index contributed by atoms with van der Waals surface area (Å²) in [6.45, 7) is 5.26. The third-order valence-electron chi connectivity index (χ3n) is 5.25. The molecular weight excluding hydrogens is 338 g/mol. The van der Waals surface area contributed by atoms with E-state index in [1.807, 2.05) is 0 Å². The van der Waals surface area contributed by atoms with Crippen molar-refractivity contribution in [3.63, 3.8) is 0 Å². The van der Waals surface area contributed by atoms with E-state index in [-0.39, 0.29) is 5.91 Å². The maximum Gasteiger partial charge on any atom is 0.243 e. The summed E-state index contributed by atoms with van der Waals surface area (Å²) in [5, 5.41) is 0. The highest BCUT2D eigenvalue weighted by Gasteiger charge is 2.31. The Balaban J connectivity index is 1.55. The van der Waals surface area contributed by atoms with Crippen LogP contribution in [-0.4, -0.2) is 73.7 Å². The molecule has 6 nitrogen and oxygen atoms in total. The Morgan fingerprint density at radius 2 is 1.72 bits per heavy atom. The molecule has 138 valence electrons. The average Bonchev–Trinajstić information content (AvgIpc) is 2.64. The van der Waals surface area contributed by atoms with E-state index in [4.69, 9.17) is 0 Å². The summed E-state index contributed by atoms with van der Waals surface area (Å²) in [6, 6.07) is 8.95. The molecule has 2 aliphatic rings. The first-order valence-electron chi connectivity index (χ1n) is 9.05. The Morgan fingerprint density at radius 1 is 1.04 bits per heavy atom. The first-order chi connectivity index (χ1) is 12.0. The zero-order valence-corrected chi connectivity index (χ0v) is 15.6. The molecule has 0 radical (unpaired) electrons. The molecule has 0 spiro atoms. The molecule has 3 rings (SSSR count). The third kappa shape index (κ3) is 4.22. The summed E-state index contributed by atoms with van der Waals surface area (Å²) >= 11 is 0. The van der Waals surface area contributed by atoms with Crippen LogP contribution in [-0.2, 0) is 14.8 Å². The van der Waals surface area contributed by atoms with E-state index in [0.717, 1.165) is 19.4 Å². The van der Waals surface area contributed by atoms with Crippen molar-refractivity contribution in [3.05, 3.63) is 30.3 Å². The van der Waals surface area contributed by atoms with Crippen LogP contribution in [0.4, 0.5) is 0 Å². The van der Waals surface area contributed by atoms with E-state index in [1.165, 1.54) is 10.7 Å². The van der Waals surface area contributed by atoms with Gasteiger partial charge in [-0.25, -0.2) is 8.42 Å². The number of piperazine rings is 1. The van der Waals surface area contributed by atoms with Gasteiger partial charge in [0, 0.05) is 32.2 Å². The molecule has 2 heterocycles. The number of likely N-dealkylation sites (tertiary alicyclic amines) is 1. The fourth-order valence-corrected chi connectivity index (χ4v) is 5.03. The van der Waals surface area contributed by atoms with Gasteiger partial charge in [-0.1, -0.05) is 24.6 Å². The van der Waals surface area contributed by atoms with Crippen LogP contribution in [0.5, 0.6) is 0 Å². The molecule has 1 atom stereocenters. The lowest BCUT2D eigenvalue weighted by Gasteiger charge is -2.37. The van der Waals surface area contributed by atoms with Gasteiger partial charge in [-0.3, -0.25) is 9.69 Å². The van der Waals surface area contributed by atoms with Gasteiger partial charge in [-0.2, -0.15) is 4.31 Å². The number of nitrogens with zero attached hydrogens (tertiary/aromatic N) is 3. The van der Waals surface area contributed by atoms with Crippen LogP contribution in [0.1, 0.15) is 26.2 Å². The Morgan fingerprint density at radius 3 is 2.36 bits per heavy atom. The standard InChI is InChI=1S/C18H27N3O3S/c1-16-7-5-6-10-20(16)15-18(22)19-11-13-21(14-12-19)25(23,24)17-8-3-2-4-9-17/h2-4,8-9,16H,5-7,10-15H2,1H3. The number of sulfonamides is 1. The Labute approximate surface area is 150 Å². The molecule has 2 saturated heterocycles. The highest BCUT2D eigenvalue weighted by molar-refractivity contribution is 7.89. The van der Waals surface area contributed by atoms with E-state index in [0.29, 0.717) is 43.7 Å². The van der Waals surface area contributed by atoms with Gasteiger partial charge in [-0.05, 0) is 38.4 Å². The largest absolute Gasteiger partial charge is 0.339 e. The number of carbonyl (C=O) groups excluding carboxylic acids is 1. The van der Waals surface area contributed by atoms with Gasteiger partial charge in [0.05, 0.1) is 11.4 Å². The normalized spacial score (nSPS) is 23.6. The molecule has 1 aromatic carbocycles. The first-order valence-corrected chi connectivity index (χ1v) is 10.5. The minimum atomic E-state index is -3.46. The number of benzene rings is 1. The predicted octanol–water partition coefficient (Wildman–Crippen LogP) is 1.39. The smallest absolute Gasteiger partial charge is 0.243 e. The highest BCUT2D eigenvalue weighted by atomic mass is 32.2. The van der Waals surface area contributed by atoms with Crippen LogP contribution in [0.25, 0.3) is 0 Å². The fraction of sp³-hybridized carbons (Fsp3) is 0.611. The Kier molecular flexibility index (Phi) is 5.76. The molecule has 2 aliphatic heterocycles. The molecule has 25 heavy (non-hydrogen) atoms. The average molecular weight is 365 g/mol. The lowest BCUT2D eigenvalue weighted by Crippen LogP contribution is -2.53. The quantitative estimate of drug-likeness (QED) is 0.809. The maximum absolute atomic E-state index is 12.6. The van der Waals surface area contributed by atoms with E-state index >= 15 is 0 Å². The van der Waals surface area contributed by atoms with Gasteiger partial charge in [0.2, 0.25) is 15.9 Å². The fourth-order valence-electron chi connectivity index (χ4n) is 3.59. The SMILES string of the molecule is CC1CCCCN1CC(=O)N1CCN(S(=O)(=O)c2ccccc2)CC1. The van der Waals surface area contributed by atoms with Crippen molar-refractivity contribution in [2.75, 3.05) is 39.3 Å². The number of amides is 1. The van der Waals surface area contributed by atoms with Gasteiger partial charge >= 0.3 is 0 Å². The minimum Gasteiger partial charge on any atom is -0.339 e. The van der Waals surface area contributed by atoms with Crippen molar-refractivity contribution in [1.29, 1.82) is 0 Å². The van der Waals surface area contributed by atoms with E-state index in [9.17, 15) is 13.2 Å². The number of hydrogen-bond donors (Lipinski definition) is 0. The molecule has 0 aliphatic carbocycles. The summed E-state index contributed by atoms with van der Waals surface area (Å²) in [5.41, 5.74) is 0. The Bertz CT molecular complexity index is 685. The van der Waals surface area contributed by atoms with Crippen molar-refractivity contribution < 1.29 is 13.2 Å². The first kappa shape index (κ1) is 18.4. The van der Waals surface area contributed by atoms with Crippen molar-refractivity contribution in [1.82, 2.24) is 14.1 Å². The molecule has 0 N–H and O–H groups in total. The van der Waals surface area contributed by atoms with Crippen LogP contribution in [0.15, 0.2) is 35.2 Å². The number of carbonyl (C=O) groups is 1. The van der Waals surface area contributed by atoms with Crippen LogP contribution < -0.4 is 0 Å². The second-order valence-corrected chi connectivity index (χ2v) is 8.85. The van der Waals surface area contributed by atoms with E-state index in [2.05, 4.69) is 11.8 Å². The Hall–Kier alpha value is -1.44. The van der Waals surface area contributed by atoms with E-state index in [1.54, 1.807) is 35.2 Å². The van der Waals surface area contributed by atoms with Gasteiger partial charge in [-0.15, -0.1) is 0 Å². The van der Waals surface area contributed by atoms with Crippen molar-refractivity contribution in [2.24, 2.45) is 0 Å². The minimum absolute atomic E-state index is 0.116. The topological polar surface area (TPSA) is 60.9 Å². The lowest BCUT2D eigenvalue weighted by molar-refractivity contribution is -0.134. The highest BCUT2D eigenvalue weighted by Crippen LogP contribution is 2.19. The van der Waals surface area contributed by atoms with Crippen molar-refractivity contribution >= 4 is 15.9 Å². The van der Waals surface area contributed by atoms with Gasteiger partial charge in [0.15, 0.2) is 0 Å². The molecule has 0 aromatic heterocycles. The van der Waals surface area contributed by atoms with Gasteiger partial charge in [0.25, 0.3) is 0 Å². The molecule has 0 saturated carbocycles. The molecule has 1 amide bonds. The lowest BCUT2D eigenvalue weighted by atomic mass is 10.0.